The number of hydrogen-bond donors (Lipinski definition) is 1. The standard InChI is InChI=1S/C30H30N4O2/c1-20(35)31-23-15-17-24(18-16-23)33-19-26-27(28(33)21-11-13-22(14-12-21)30(2,3)4)29(36)34(32(26)5)25-9-7-6-8-10-25/h6-19H,1-5H3,(H,31,35). The number of carbonyl (C=O) groups excluding carboxylic acids is 1. The number of anilines is 1. The number of benzene rings is 3. The van der Waals surface area contributed by atoms with Gasteiger partial charge in [-0.25, -0.2) is 4.68 Å². The molecule has 1 N–H and O–H groups in total. The van der Waals surface area contributed by atoms with Crippen molar-refractivity contribution in [2.24, 2.45) is 7.05 Å². The van der Waals surface area contributed by atoms with E-state index in [2.05, 4.69) is 54.9 Å². The maximum absolute atomic E-state index is 13.9. The summed E-state index contributed by atoms with van der Waals surface area (Å²) in [5.74, 6) is -0.115. The Balaban J connectivity index is 1.75. The third kappa shape index (κ3) is 4.05. The van der Waals surface area contributed by atoms with Crippen molar-refractivity contribution in [2.75, 3.05) is 5.32 Å². The molecule has 0 unspecified atom stereocenters. The lowest BCUT2D eigenvalue weighted by Gasteiger charge is -2.19. The van der Waals surface area contributed by atoms with E-state index in [0.717, 1.165) is 33.8 Å². The highest BCUT2D eigenvalue weighted by Crippen LogP contribution is 2.34. The molecular formula is C30H30N4O2. The van der Waals surface area contributed by atoms with Crippen LogP contribution in [0.25, 0.3) is 33.5 Å². The predicted molar refractivity (Wildman–Crippen MR) is 146 cm³/mol. The molecule has 2 aromatic heterocycles. The number of fused-ring (bicyclic) bond motifs is 1. The van der Waals surface area contributed by atoms with E-state index in [0.29, 0.717) is 5.39 Å². The van der Waals surface area contributed by atoms with E-state index in [9.17, 15) is 9.59 Å². The fourth-order valence-electron chi connectivity index (χ4n) is 4.68. The normalized spacial score (nSPS) is 11.7. The maximum Gasteiger partial charge on any atom is 0.281 e. The summed E-state index contributed by atoms with van der Waals surface area (Å²) >= 11 is 0. The van der Waals surface area contributed by atoms with Crippen LogP contribution in [0, 0.1) is 0 Å². The highest BCUT2D eigenvalue weighted by Gasteiger charge is 2.23. The zero-order chi connectivity index (χ0) is 25.6. The molecule has 0 aliphatic rings. The molecule has 36 heavy (non-hydrogen) atoms. The number of nitrogens with one attached hydrogen (secondary N) is 1. The van der Waals surface area contributed by atoms with Crippen molar-refractivity contribution in [3.05, 3.63) is 101 Å². The van der Waals surface area contributed by atoms with Crippen LogP contribution >= 0.6 is 0 Å². The number of rotatable bonds is 4. The minimum Gasteiger partial charge on any atom is -0.326 e. The van der Waals surface area contributed by atoms with Gasteiger partial charge >= 0.3 is 0 Å². The number of carbonyl (C=O) groups is 1. The van der Waals surface area contributed by atoms with Crippen molar-refractivity contribution in [3.8, 4) is 22.6 Å². The summed E-state index contributed by atoms with van der Waals surface area (Å²) in [4.78, 5) is 25.3. The molecule has 0 saturated heterocycles. The molecule has 1 amide bonds. The Hall–Kier alpha value is -4.32. The molecule has 6 nitrogen and oxygen atoms in total. The minimum atomic E-state index is -0.115. The van der Waals surface area contributed by atoms with Crippen LogP contribution in [0.4, 0.5) is 5.69 Å². The van der Waals surface area contributed by atoms with Crippen LogP contribution in [-0.2, 0) is 17.3 Å². The van der Waals surface area contributed by atoms with E-state index >= 15 is 0 Å². The first-order valence-electron chi connectivity index (χ1n) is 12.0. The summed E-state index contributed by atoms with van der Waals surface area (Å²) in [6.45, 7) is 8.06. The van der Waals surface area contributed by atoms with Gasteiger partial charge in [0.05, 0.1) is 22.3 Å². The predicted octanol–water partition coefficient (Wildman–Crippen LogP) is 6.04. The zero-order valence-electron chi connectivity index (χ0n) is 21.2. The van der Waals surface area contributed by atoms with Gasteiger partial charge in [-0.05, 0) is 52.9 Å². The monoisotopic (exact) mass is 478 g/mol. The Morgan fingerprint density at radius 2 is 1.47 bits per heavy atom. The second-order valence-electron chi connectivity index (χ2n) is 10.1. The molecule has 0 atom stereocenters. The van der Waals surface area contributed by atoms with E-state index < -0.39 is 0 Å². The molecule has 6 heteroatoms. The molecular weight excluding hydrogens is 448 g/mol. The molecule has 0 radical (unpaired) electrons. The first-order chi connectivity index (χ1) is 17.1. The Labute approximate surface area is 210 Å². The van der Waals surface area contributed by atoms with Crippen molar-refractivity contribution < 1.29 is 4.79 Å². The highest BCUT2D eigenvalue weighted by molar-refractivity contribution is 5.95. The van der Waals surface area contributed by atoms with Crippen LogP contribution in [0.2, 0.25) is 0 Å². The summed E-state index contributed by atoms with van der Waals surface area (Å²) in [5, 5.41) is 3.47. The third-order valence-corrected chi connectivity index (χ3v) is 6.53. The summed E-state index contributed by atoms with van der Waals surface area (Å²) in [7, 11) is 1.91. The molecule has 182 valence electrons. The van der Waals surface area contributed by atoms with E-state index in [1.165, 1.54) is 12.5 Å². The summed E-state index contributed by atoms with van der Waals surface area (Å²) in [6.07, 6.45) is 2.01. The lowest BCUT2D eigenvalue weighted by Crippen LogP contribution is -2.20. The maximum atomic E-state index is 13.9. The van der Waals surface area contributed by atoms with E-state index in [1.807, 2.05) is 72.5 Å². The van der Waals surface area contributed by atoms with Crippen molar-refractivity contribution in [1.82, 2.24) is 13.9 Å². The Bertz CT molecular complexity index is 1610. The first-order valence-corrected chi connectivity index (χ1v) is 12.0. The van der Waals surface area contributed by atoms with Gasteiger partial charge in [0, 0.05) is 31.5 Å². The second-order valence-corrected chi connectivity index (χ2v) is 10.1. The van der Waals surface area contributed by atoms with Crippen LogP contribution in [0.3, 0.4) is 0 Å². The van der Waals surface area contributed by atoms with Gasteiger partial charge in [-0.15, -0.1) is 0 Å². The van der Waals surface area contributed by atoms with Crippen LogP contribution in [0.15, 0.2) is 89.9 Å². The number of aryl methyl sites for hydroxylation is 1. The molecule has 0 aliphatic carbocycles. The lowest BCUT2D eigenvalue weighted by atomic mass is 9.86. The van der Waals surface area contributed by atoms with E-state index in [1.54, 1.807) is 4.68 Å². The van der Waals surface area contributed by atoms with E-state index in [4.69, 9.17) is 0 Å². The van der Waals surface area contributed by atoms with Gasteiger partial charge < -0.3 is 9.88 Å². The summed E-state index contributed by atoms with van der Waals surface area (Å²) in [6, 6.07) is 25.8. The number of aromatic nitrogens is 3. The number of hydrogen-bond acceptors (Lipinski definition) is 2. The smallest absolute Gasteiger partial charge is 0.281 e. The molecule has 2 heterocycles. The van der Waals surface area contributed by atoms with Crippen molar-refractivity contribution in [2.45, 2.75) is 33.1 Å². The quantitative estimate of drug-likeness (QED) is 0.342. The molecule has 0 aliphatic heterocycles. The molecule has 0 spiro atoms. The van der Waals surface area contributed by atoms with Gasteiger partial charge in [-0.2, -0.15) is 0 Å². The van der Waals surface area contributed by atoms with Gasteiger partial charge in [-0.1, -0.05) is 63.2 Å². The Morgan fingerprint density at radius 3 is 2.06 bits per heavy atom. The molecule has 5 aromatic rings. The number of nitrogens with zero attached hydrogens (tertiary/aromatic N) is 3. The topological polar surface area (TPSA) is 61.0 Å². The van der Waals surface area contributed by atoms with E-state index in [-0.39, 0.29) is 16.9 Å². The SMILES string of the molecule is CC(=O)Nc1ccc(-n2cc3c(c2-c2ccc(C(C)(C)C)cc2)c(=O)n(-c2ccccc2)n3C)cc1. The Kier molecular flexibility index (Phi) is 5.67. The van der Waals surface area contributed by atoms with Crippen LogP contribution in [-0.4, -0.2) is 19.8 Å². The van der Waals surface area contributed by atoms with Gasteiger partial charge in [-0.3, -0.25) is 14.3 Å². The molecule has 0 saturated carbocycles. The second kappa shape index (κ2) is 8.72. The zero-order valence-corrected chi connectivity index (χ0v) is 21.2. The number of amides is 1. The fourth-order valence-corrected chi connectivity index (χ4v) is 4.68. The minimum absolute atomic E-state index is 0.0299. The van der Waals surface area contributed by atoms with Crippen LogP contribution < -0.4 is 10.9 Å². The average Bonchev–Trinajstić information content (AvgIpc) is 3.35. The molecule has 3 aromatic carbocycles. The van der Waals surface area contributed by atoms with Gasteiger partial charge in [0.1, 0.15) is 0 Å². The summed E-state index contributed by atoms with van der Waals surface area (Å²) in [5.41, 5.74) is 6.29. The van der Waals surface area contributed by atoms with Crippen molar-refractivity contribution in [3.63, 3.8) is 0 Å². The van der Waals surface area contributed by atoms with Crippen molar-refractivity contribution >= 4 is 22.5 Å². The van der Waals surface area contributed by atoms with Gasteiger partial charge in [0.2, 0.25) is 5.91 Å². The van der Waals surface area contributed by atoms with Gasteiger partial charge in [0.15, 0.2) is 0 Å². The third-order valence-electron chi connectivity index (χ3n) is 6.53. The van der Waals surface area contributed by atoms with Crippen LogP contribution in [0.5, 0.6) is 0 Å². The van der Waals surface area contributed by atoms with Crippen molar-refractivity contribution in [1.29, 1.82) is 0 Å². The number of para-hydroxylation sites is 1. The highest BCUT2D eigenvalue weighted by atomic mass is 16.1. The first kappa shape index (κ1) is 23.4. The molecule has 0 bridgehead atoms. The largest absolute Gasteiger partial charge is 0.326 e. The van der Waals surface area contributed by atoms with Gasteiger partial charge in [0.25, 0.3) is 5.56 Å². The lowest BCUT2D eigenvalue weighted by molar-refractivity contribution is -0.114. The average molecular weight is 479 g/mol. The summed E-state index contributed by atoms with van der Waals surface area (Å²) < 4.78 is 5.68. The fraction of sp³-hybridized carbons (Fsp3) is 0.200. The Morgan fingerprint density at radius 1 is 0.833 bits per heavy atom. The molecule has 5 rings (SSSR count). The molecule has 0 fully saturated rings. The van der Waals surface area contributed by atoms with Crippen LogP contribution in [0.1, 0.15) is 33.3 Å².